The highest BCUT2D eigenvalue weighted by molar-refractivity contribution is 5.94. The van der Waals surface area contributed by atoms with Crippen LogP contribution in [0.1, 0.15) is 43.7 Å². The van der Waals surface area contributed by atoms with Gasteiger partial charge in [0.2, 0.25) is 0 Å². The Morgan fingerprint density at radius 2 is 1.95 bits per heavy atom. The van der Waals surface area contributed by atoms with E-state index in [-0.39, 0.29) is 23.6 Å². The van der Waals surface area contributed by atoms with Crippen LogP contribution in [0, 0.1) is 0 Å². The average Bonchev–Trinajstić information content (AvgIpc) is 2.34. The van der Waals surface area contributed by atoms with E-state index in [4.69, 9.17) is 5.11 Å². The topological polar surface area (TPSA) is 70.5 Å². The maximum atomic E-state index is 12.1. The molecular formula is C14H20N2O3. The summed E-state index contributed by atoms with van der Waals surface area (Å²) in [5.74, 6) is -1.38. The number of rotatable bonds is 4. The summed E-state index contributed by atoms with van der Waals surface area (Å²) in [6, 6.07) is 3.50. The summed E-state index contributed by atoms with van der Waals surface area (Å²) in [7, 11) is 0. The van der Waals surface area contributed by atoms with Crippen LogP contribution in [0.2, 0.25) is 0 Å². The van der Waals surface area contributed by atoms with Gasteiger partial charge in [-0.3, -0.25) is 14.6 Å². The van der Waals surface area contributed by atoms with Crippen molar-refractivity contribution in [1.29, 1.82) is 0 Å². The van der Waals surface area contributed by atoms with Crippen LogP contribution in [0.25, 0.3) is 0 Å². The van der Waals surface area contributed by atoms with E-state index in [0.29, 0.717) is 6.54 Å². The molecular weight excluding hydrogens is 244 g/mol. The van der Waals surface area contributed by atoms with Crippen molar-refractivity contribution in [3.63, 3.8) is 0 Å². The Bertz CT molecular complexity index is 461. The molecule has 0 fully saturated rings. The highest BCUT2D eigenvalue weighted by atomic mass is 16.4. The first-order chi connectivity index (χ1) is 8.75. The Balaban J connectivity index is 2.91. The fourth-order valence-corrected chi connectivity index (χ4v) is 1.62. The second-order valence-electron chi connectivity index (χ2n) is 5.40. The van der Waals surface area contributed by atoms with Crippen molar-refractivity contribution in [2.45, 2.75) is 33.1 Å². The Morgan fingerprint density at radius 3 is 2.32 bits per heavy atom. The minimum absolute atomic E-state index is 0.0277. The molecule has 0 radical (unpaired) electrons. The quantitative estimate of drug-likeness (QED) is 0.902. The summed E-state index contributed by atoms with van der Waals surface area (Å²) in [6.45, 7) is 7.97. The lowest BCUT2D eigenvalue weighted by atomic mass is 9.88. The number of aromatic nitrogens is 1. The zero-order valence-electron chi connectivity index (χ0n) is 11.8. The van der Waals surface area contributed by atoms with Crippen molar-refractivity contribution in [2.24, 2.45) is 0 Å². The molecule has 0 aliphatic heterocycles. The molecule has 0 aliphatic rings. The van der Waals surface area contributed by atoms with Gasteiger partial charge < -0.3 is 10.0 Å². The lowest BCUT2D eigenvalue weighted by molar-refractivity contribution is -0.137. The molecule has 1 heterocycles. The van der Waals surface area contributed by atoms with E-state index in [2.05, 4.69) is 25.8 Å². The fraction of sp³-hybridized carbons (Fsp3) is 0.500. The van der Waals surface area contributed by atoms with Gasteiger partial charge in [0, 0.05) is 12.7 Å². The summed E-state index contributed by atoms with van der Waals surface area (Å²) < 4.78 is 0. The molecule has 0 unspecified atom stereocenters. The number of carboxylic acid groups (broad SMARTS) is 1. The maximum Gasteiger partial charge on any atom is 0.323 e. The lowest BCUT2D eigenvalue weighted by Crippen LogP contribution is -2.35. The molecule has 5 nitrogen and oxygen atoms in total. The molecule has 0 saturated heterocycles. The highest BCUT2D eigenvalue weighted by Gasteiger charge is 2.19. The molecule has 5 heteroatoms. The Labute approximate surface area is 113 Å². The zero-order chi connectivity index (χ0) is 14.6. The smallest absolute Gasteiger partial charge is 0.323 e. The van der Waals surface area contributed by atoms with Crippen molar-refractivity contribution in [3.8, 4) is 0 Å². The lowest BCUT2D eigenvalue weighted by Gasteiger charge is -2.20. The van der Waals surface area contributed by atoms with Crippen LogP contribution < -0.4 is 0 Å². The molecule has 1 amide bonds. The van der Waals surface area contributed by atoms with E-state index in [9.17, 15) is 9.59 Å². The number of hydrogen-bond acceptors (Lipinski definition) is 3. The summed E-state index contributed by atoms with van der Waals surface area (Å²) in [5, 5.41) is 8.75. The average molecular weight is 264 g/mol. The number of hydrogen-bond donors (Lipinski definition) is 1. The Hall–Kier alpha value is -1.91. The van der Waals surface area contributed by atoms with Gasteiger partial charge in [-0.15, -0.1) is 0 Å². The molecule has 0 spiro atoms. The van der Waals surface area contributed by atoms with Crippen molar-refractivity contribution in [2.75, 3.05) is 13.1 Å². The van der Waals surface area contributed by atoms with Crippen LogP contribution >= 0.6 is 0 Å². The van der Waals surface area contributed by atoms with Crippen molar-refractivity contribution in [3.05, 3.63) is 29.6 Å². The first kappa shape index (κ1) is 15.1. The minimum atomic E-state index is -1.03. The van der Waals surface area contributed by atoms with Gasteiger partial charge in [0.25, 0.3) is 5.91 Å². The Kier molecular flexibility index (Phi) is 4.64. The van der Waals surface area contributed by atoms with Gasteiger partial charge in [-0.2, -0.15) is 0 Å². The number of nitrogens with zero attached hydrogens (tertiary/aromatic N) is 2. The molecule has 1 aromatic heterocycles. The minimum Gasteiger partial charge on any atom is -0.480 e. The second-order valence-corrected chi connectivity index (χ2v) is 5.40. The number of carbonyl (C=O) groups excluding carboxylic acids is 1. The van der Waals surface area contributed by atoms with Gasteiger partial charge >= 0.3 is 5.97 Å². The van der Waals surface area contributed by atoms with Crippen LogP contribution in [0.3, 0.4) is 0 Å². The van der Waals surface area contributed by atoms with E-state index < -0.39 is 5.97 Å². The van der Waals surface area contributed by atoms with Crippen LogP contribution in [0.5, 0.6) is 0 Å². The van der Waals surface area contributed by atoms with E-state index in [0.717, 1.165) is 5.56 Å². The zero-order valence-corrected chi connectivity index (χ0v) is 11.8. The molecule has 0 atom stereocenters. The number of carbonyl (C=O) groups is 2. The second kappa shape index (κ2) is 5.82. The highest BCUT2D eigenvalue weighted by Crippen LogP contribution is 2.21. The summed E-state index contributed by atoms with van der Waals surface area (Å²) in [4.78, 5) is 28.1. The number of likely N-dealkylation sites (N-methyl/N-ethyl adjacent to an activating group) is 1. The van der Waals surface area contributed by atoms with Gasteiger partial charge in [0.1, 0.15) is 12.2 Å². The summed E-state index contributed by atoms with van der Waals surface area (Å²) >= 11 is 0. The normalized spacial score (nSPS) is 11.2. The molecule has 0 aliphatic carbocycles. The van der Waals surface area contributed by atoms with E-state index >= 15 is 0 Å². The molecule has 0 bridgehead atoms. The van der Waals surface area contributed by atoms with Gasteiger partial charge in [-0.1, -0.05) is 26.8 Å². The van der Waals surface area contributed by atoms with Crippen molar-refractivity contribution >= 4 is 11.9 Å². The van der Waals surface area contributed by atoms with Crippen molar-refractivity contribution in [1.82, 2.24) is 9.88 Å². The molecule has 0 aromatic carbocycles. The monoisotopic (exact) mass is 264 g/mol. The fourth-order valence-electron chi connectivity index (χ4n) is 1.62. The number of aliphatic carboxylic acids is 1. The maximum absolute atomic E-state index is 12.1. The first-order valence-corrected chi connectivity index (χ1v) is 6.23. The molecule has 1 N–H and O–H groups in total. The van der Waals surface area contributed by atoms with Gasteiger partial charge in [-0.05, 0) is 24.0 Å². The molecule has 0 saturated carbocycles. The third kappa shape index (κ3) is 4.05. The molecule has 104 valence electrons. The van der Waals surface area contributed by atoms with Crippen LogP contribution in [0.4, 0.5) is 0 Å². The molecule has 1 rings (SSSR count). The van der Waals surface area contributed by atoms with Gasteiger partial charge in [0.15, 0.2) is 0 Å². The number of pyridine rings is 1. The molecule has 19 heavy (non-hydrogen) atoms. The largest absolute Gasteiger partial charge is 0.480 e. The third-order valence-electron chi connectivity index (χ3n) is 2.84. The first-order valence-electron chi connectivity index (χ1n) is 6.23. The predicted octanol–water partition coefficient (Wildman–Crippen LogP) is 1.93. The summed E-state index contributed by atoms with van der Waals surface area (Å²) in [6.07, 6.45) is 1.67. The number of carboxylic acids is 1. The van der Waals surface area contributed by atoms with Crippen LogP contribution in [-0.2, 0) is 10.2 Å². The Morgan fingerprint density at radius 1 is 1.32 bits per heavy atom. The van der Waals surface area contributed by atoms with Gasteiger partial charge in [0.05, 0.1) is 0 Å². The van der Waals surface area contributed by atoms with E-state index in [1.54, 1.807) is 19.2 Å². The standard InChI is InChI=1S/C14H20N2O3/c1-5-16(9-12(17)18)13(19)11-7-6-10(8-15-11)14(2,3)4/h6-8H,5,9H2,1-4H3,(H,17,18). The van der Waals surface area contributed by atoms with Crippen LogP contribution in [-0.4, -0.2) is 40.0 Å². The SMILES string of the molecule is CCN(CC(=O)O)C(=O)c1ccc(C(C)(C)C)cn1. The van der Waals surface area contributed by atoms with Crippen LogP contribution in [0.15, 0.2) is 18.3 Å². The summed E-state index contributed by atoms with van der Waals surface area (Å²) in [5.41, 5.74) is 1.28. The number of amides is 1. The van der Waals surface area contributed by atoms with E-state index in [1.807, 2.05) is 6.07 Å². The van der Waals surface area contributed by atoms with Gasteiger partial charge in [-0.25, -0.2) is 0 Å². The van der Waals surface area contributed by atoms with E-state index in [1.165, 1.54) is 4.90 Å². The molecule has 1 aromatic rings. The predicted molar refractivity (Wildman–Crippen MR) is 72.2 cm³/mol. The van der Waals surface area contributed by atoms with Crippen molar-refractivity contribution < 1.29 is 14.7 Å². The third-order valence-corrected chi connectivity index (χ3v) is 2.84.